The molecule has 0 saturated carbocycles. The Kier molecular flexibility index (Phi) is 19.5. The number of benzene rings is 2. The van der Waals surface area contributed by atoms with Crippen molar-refractivity contribution in [3.05, 3.63) is 98.8 Å². The topological polar surface area (TPSA) is 0 Å². The summed E-state index contributed by atoms with van der Waals surface area (Å²) in [5, 5.41) is 5.32. The fourth-order valence-corrected chi connectivity index (χ4v) is 2.95. The Bertz CT molecular complexity index is 892. The molecule has 0 spiro atoms. The summed E-state index contributed by atoms with van der Waals surface area (Å²) in [6.45, 7) is 8.20. The summed E-state index contributed by atoms with van der Waals surface area (Å²) in [5.74, 6) is 0. The Morgan fingerprint density at radius 2 is 1.68 bits per heavy atom. The number of hydrogen-bond acceptors (Lipinski definition) is 0. The van der Waals surface area contributed by atoms with E-state index in [-0.39, 0.29) is 73.3 Å². The van der Waals surface area contributed by atoms with Crippen LogP contribution >= 0.6 is 0 Å². The van der Waals surface area contributed by atoms with E-state index in [1.807, 2.05) is 18.2 Å². The van der Waals surface area contributed by atoms with E-state index in [2.05, 4.69) is 69.0 Å². The second-order valence-corrected chi connectivity index (χ2v) is 5.70. The molecule has 1 aliphatic rings. The first-order valence-electron chi connectivity index (χ1n) is 7.64. The molecule has 0 aliphatic heterocycles. The summed E-state index contributed by atoms with van der Waals surface area (Å²) < 4.78 is 0. The molecule has 28 heavy (non-hydrogen) atoms. The molecule has 3 aromatic rings. The average Bonchev–Trinajstić information content (AvgIpc) is 3.17. The Balaban J connectivity index is -0.000000233. The van der Waals surface area contributed by atoms with Gasteiger partial charge in [0, 0.05) is 0 Å². The van der Waals surface area contributed by atoms with Crippen LogP contribution in [0.4, 0.5) is 0 Å². The molecule has 3 aromatic carbocycles. The molecule has 0 saturated heterocycles. The predicted octanol–water partition coefficient (Wildman–Crippen LogP) is 1.82. The van der Waals surface area contributed by atoms with Gasteiger partial charge in [0.25, 0.3) is 0 Å². The minimum atomic E-state index is 0. The molecule has 3 heteroatoms. The predicted molar refractivity (Wildman–Crippen MR) is 118 cm³/mol. The van der Waals surface area contributed by atoms with Gasteiger partial charge in [0.2, 0.25) is 0 Å². The molecule has 0 N–H and O–H groups in total. The van der Waals surface area contributed by atoms with Gasteiger partial charge in [-0.25, -0.2) is 12.2 Å². The van der Waals surface area contributed by atoms with E-state index in [0.717, 1.165) is 6.42 Å². The van der Waals surface area contributed by atoms with Crippen LogP contribution in [0.25, 0.3) is 27.6 Å². The first-order valence-corrected chi connectivity index (χ1v) is 7.64. The molecule has 0 radical (unpaired) electrons. The molecule has 4 rings (SSSR count). The van der Waals surface area contributed by atoms with Crippen LogP contribution in [0.2, 0.25) is 0 Å². The zero-order valence-corrected chi connectivity index (χ0v) is 20.4. The number of allylic oxidation sites excluding steroid dienone is 4. The van der Waals surface area contributed by atoms with Gasteiger partial charge in [-0.1, -0.05) is 54.5 Å². The standard InChI is InChI=1S/C17H15.C5H5.CH4.2CH3.2ClH.Zr/c1-4-14-12(3)6-8-16-15-7-5-11(2)9-13(15)10-17(14)16;1-2-4-5-3-1;;;;;;/h4-10H,1H2,2-3H3;1-3H,4H2;1H4;2*1H3;2*1H;/q2*-1;;2*-1;;;+2/p-2. The van der Waals surface area contributed by atoms with Crippen LogP contribution in [0.3, 0.4) is 0 Å². The van der Waals surface area contributed by atoms with E-state index in [0.29, 0.717) is 0 Å². The van der Waals surface area contributed by atoms with Crippen LogP contribution in [0, 0.1) is 34.8 Å². The van der Waals surface area contributed by atoms with Gasteiger partial charge >= 0.3 is 26.2 Å². The summed E-state index contributed by atoms with van der Waals surface area (Å²) in [6, 6.07) is 13.3. The third kappa shape index (κ3) is 7.43. The molecule has 0 bridgehead atoms. The smallest absolute Gasteiger partial charge is 1.00 e. The van der Waals surface area contributed by atoms with Crippen molar-refractivity contribution in [3.8, 4) is 0 Å². The summed E-state index contributed by atoms with van der Waals surface area (Å²) in [7, 11) is 0. The molecule has 0 amide bonds. The van der Waals surface area contributed by atoms with Gasteiger partial charge in [-0.2, -0.15) is 6.08 Å². The fraction of sp³-hybridized carbons (Fsp3) is 0.160. The van der Waals surface area contributed by atoms with Gasteiger partial charge in [-0.3, -0.25) is 6.08 Å². The van der Waals surface area contributed by atoms with Crippen molar-refractivity contribution in [2.24, 2.45) is 0 Å². The second kappa shape index (κ2) is 15.9. The van der Waals surface area contributed by atoms with Crippen molar-refractivity contribution < 1.29 is 51.0 Å². The molecule has 1 aliphatic carbocycles. The molecule has 0 heterocycles. The quantitative estimate of drug-likeness (QED) is 0.455. The summed E-state index contributed by atoms with van der Waals surface area (Å²) in [5.41, 5.74) is 3.86. The van der Waals surface area contributed by atoms with Crippen molar-refractivity contribution in [2.45, 2.75) is 27.7 Å². The zero-order valence-electron chi connectivity index (χ0n) is 16.4. The van der Waals surface area contributed by atoms with E-state index < -0.39 is 0 Å². The Morgan fingerprint density at radius 1 is 1.04 bits per heavy atom. The van der Waals surface area contributed by atoms with E-state index in [4.69, 9.17) is 0 Å². The Labute approximate surface area is 204 Å². The van der Waals surface area contributed by atoms with Crippen molar-refractivity contribution in [2.75, 3.05) is 0 Å². The third-order valence-electron chi connectivity index (χ3n) is 4.09. The molecule has 0 unspecified atom stereocenters. The average molecular weight is 493 g/mol. The molecule has 152 valence electrons. The number of aryl methyl sites for hydroxylation is 2. The fourth-order valence-electron chi connectivity index (χ4n) is 2.95. The van der Waals surface area contributed by atoms with Crippen LogP contribution in [0.1, 0.15) is 30.5 Å². The molecule has 0 fully saturated rings. The van der Waals surface area contributed by atoms with Crippen molar-refractivity contribution in [1.82, 2.24) is 0 Å². The van der Waals surface area contributed by atoms with Crippen molar-refractivity contribution in [3.63, 3.8) is 0 Å². The van der Waals surface area contributed by atoms with Crippen LogP contribution < -0.4 is 24.8 Å². The normalized spacial score (nSPS) is 9.93. The Morgan fingerprint density at radius 3 is 2.18 bits per heavy atom. The van der Waals surface area contributed by atoms with Gasteiger partial charge in [-0.05, 0) is 13.8 Å². The first kappa shape index (κ1) is 34.5. The minimum Gasteiger partial charge on any atom is -1.00 e. The first-order chi connectivity index (χ1) is 10.7. The second-order valence-electron chi connectivity index (χ2n) is 5.70. The SMILES string of the molecule is C.C=Cc1c(C)ccc2c1[cH-]c1cc(C)ccc12.[C-]1=CC=CC1.[CH3-].[CH3-].[Cl-].[Cl-].[Zr+2]. The number of rotatable bonds is 1. The molecular formula is C25H30Cl2Zr-4. The summed E-state index contributed by atoms with van der Waals surface area (Å²) in [6.07, 6.45) is 12.0. The van der Waals surface area contributed by atoms with Crippen LogP contribution in [0.5, 0.6) is 0 Å². The summed E-state index contributed by atoms with van der Waals surface area (Å²) in [4.78, 5) is 0. The van der Waals surface area contributed by atoms with Crippen LogP contribution in [-0.2, 0) is 26.2 Å². The molecule has 0 nitrogen and oxygen atoms in total. The Hall–Kier alpha value is -1.01. The zero-order chi connectivity index (χ0) is 15.5. The van der Waals surface area contributed by atoms with Gasteiger partial charge in [0.15, 0.2) is 0 Å². The van der Waals surface area contributed by atoms with Crippen LogP contribution in [0.15, 0.2) is 61.2 Å². The van der Waals surface area contributed by atoms with E-state index in [9.17, 15) is 0 Å². The minimum absolute atomic E-state index is 0. The molecule has 0 atom stereocenters. The van der Waals surface area contributed by atoms with Gasteiger partial charge in [0.1, 0.15) is 0 Å². The number of hydrogen-bond donors (Lipinski definition) is 0. The van der Waals surface area contributed by atoms with Crippen molar-refractivity contribution >= 4 is 27.6 Å². The van der Waals surface area contributed by atoms with Crippen LogP contribution in [-0.4, -0.2) is 0 Å². The summed E-state index contributed by atoms with van der Waals surface area (Å²) >= 11 is 0. The van der Waals surface area contributed by atoms with Gasteiger partial charge < -0.3 is 39.7 Å². The van der Waals surface area contributed by atoms with E-state index >= 15 is 0 Å². The molecule has 0 aromatic heterocycles. The van der Waals surface area contributed by atoms with Crippen molar-refractivity contribution in [1.29, 1.82) is 0 Å². The van der Waals surface area contributed by atoms with Gasteiger partial charge in [0.05, 0.1) is 0 Å². The third-order valence-corrected chi connectivity index (χ3v) is 4.09. The monoisotopic (exact) mass is 490 g/mol. The maximum absolute atomic E-state index is 3.93. The maximum Gasteiger partial charge on any atom is 2.00 e. The van der Waals surface area contributed by atoms with Gasteiger partial charge in [-0.15, -0.1) is 46.7 Å². The van der Waals surface area contributed by atoms with E-state index in [1.54, 1.807) is 0 Å². The number of fused-ring (bicyclic) bond motifs is 3. The largest absolute Gasteiger partial charge is 2.00 e. The number of halogens is 2. The van der Waals surface area contributed by atoms with E-state index in [1.165, 1.54) is 38.2 Å². The molecular weight excluding hydrogens is 462 g/mol. The maximum atomic E-state index is 3.93.